The van der Waals surface area contributed by atoms with Gasteiger partial charge in [-0.2, -0.15) is 11.8 Å². The smallest absolute Gasteiger partial charge is 0.321 e. The van der Waals surface area contributed by atoms with Gasteiger partial charge in [0.05, 0.1) is 6.61 Å². The molecule has 2 aromatic rings. The van der Waals surface area contributed by atoms with E-state index in [1.165, 1.54) is 17.2 Å². The molecule has 5 nitrogen and oxygen atoms in total. The van der Waals surface area contributed by atoms with Gasteiger partial charge < -0.3 is 19.9 Å². The zero-order chi connectivity index (χ0) is 19.9. The van der Waals surface area contributed by atoms with Gasteiger partial charge in [-0.3, -0.25) is 0 Å². The van der Waals surface area contributed by atoms with Crippen molar-refractivity contribution in [3.8, 4) is 5.75 Å². The molecule has 1 aliphatic heterocycles. The molecule has 1 heterocycles. The summed E-state index contributed by atoms with van der Waals surface area (Å²) in [5.41, 5.74) is 4.24. The molecule has 0 aliphatic carbocycles. The summed E-state index contributed by atoms with van der Waals surface area (Å²) in [6.45, 7) is 7.37. The van der Waals surface area contributed by atoms with Crippen LogP contribution in [0, 0.1) is 6.92 Å². The van der Waals surface area contributed by atoms with Gasteiger partial charge in [0.25, 0.3) is 0 Å². The normalized spacial score (nSPS) is 13.9. The first-order valence-corrected chi connectivity index (χ1v) is 10.9. The highest BCUT2D eigenvalue weighted by Crippen LogP contribution is 2.25. The monoisotopic (exact) mass is 399 g/mol. The van der Waals surface area contributed by atoms with Gasteiger partial charge in [0.15, 0.2) is 0 Å². The summed E-state index contributed by atoms with van der Waals surface area (Å²) in [6, 6.07) is 14.0. The van der Waals surface area contributed by atoms with E-state index in [9.17, 15) is 4.79 Å². The van der Waals surface area contributed by atoms with Gasteiger partial charge in [0.1, 0.15) is 5.75 Å². The van der Waals surface area contributed by atoms with Crippen molar-refractivity contribution in [3.05, 3.63) is 53.6 Å². The van der Waals surface area contributed by atoms with Crippen molar-refractivity contribution in [2.75, 3.05) is 48.5 Å². The Kier molecular flexibility index (Phi) is 7.09. The Morgan fingerprint density at radius 1 is 1.18 bits per heavy atom. The van der Waals surface area contributed by atoms with E-state index in [4.69, 9.17) is 4.74 Å². The third-order valence-electron chi connectivity index (χ3n) is 4.83. The number of urea groups is 1. The van der Waals surface area contributed by atoms with Crippen LogP contribution in [0.2, 0.25) is 0 Å². The predicted octanol–water partition coefficient (Wildman–Crippen LogP) is 4.61. The standard InChI is InChI=1S/C22H29N3O2S/c1-4-27-20-8-5-18(6-9-20)16-24(3)22(26)23-21-10-7-19(15-17(21)2)25-11-13-28-14-12-25/h5-10,15H,4,11-14,16H2,1-3H3,(H,23,26). The van der Waals surface area contributed by atoms with E-state index in [1.807, 2.05) is 55.9 Å². The van der Waals surface area contributed by atoms with Gasteiger partial charge in [0.2, 0.25) is 0 Å². The maximum absolute atomic E-state index is 12.6. The fourth-order valence-electron chi connectivity index (χ4n) is 3.22. The average Bonchev–Trinajstić information content (AvgIpc) is 2.71. The quantitative estimate of drug-likeness (QED) is 0.770. The van der Waals surface area contributed by atoms with E-state index < -0.39 is 0 Å². The predicted molar refractivity (Wildman–Crippen MR) is 119 cm³/mol. The van der Waals surface area contributed by atoms with Crippen LogP contribution in [0.3, 0.4) is 0 Å². The number of carbonyl (C=O) groups is 1. The van der Waals surface area contributed by atoms with Crippen LogP contribution < -0.4 is 15.0 Å². The van der Waals surface area contributed by atoms with Gasteiger partial charge in [0, 0.05) is 49.6 Å². The minimum absolute atomic E-state index is 0.112. The molecular weight excluding hydrogens is 370 g/mol. The molecule has 2 aromatic carbocycles. The molecule has 28 heavy (non-hydrogen) atoms. The number of nitrogens with zero attached hydrogens (tertiary/aromatic N) is 2. The molecule has 0 bridgehead atoms. The average molecular weight is 400 g/mol. The Balaban J connectivity index is 1.58. The van der Waals surface area contributed by atoms with Crippen LogP contribution in [-0.2, 0) is 6.54 Å². The minimum Gasteiger partial charge on any atom is -0.494 e. The molecule has 0 aromatic heterocycles. The SMILES string of the molecule is CCOc1ccc(CN(C)C(=O)Nc2ccc(N3CCSCC3)cc2C)cc1. The van der Waals surface area contributed by atoms with Crippen molar-refractivity contribution < 1.29 is 9.53 Å². The van der Waals surface area contributed by atoms with Crippen molar-refractivity contribution in [1.82, 2.24) is 4.90 Å². The molecule has 0 spiro atoms. The number of carbonyl (C=O) groups excluding carboxylic acids is 1. The Bertz CT molecular complexity index is 789. The number of benzene rings is 2. The van der Waals surface area contributed by atoms with E-state index in [-0.39, 0.29) is 6.03 Å². The van der Waals surface area contributed by atoms with Crippen molar-refractivity contribution in [1.29, 1.82) is 0 Å². The second-order valence-corrected chi connectivity index (χ2v) is 8.19. The molecule has 1 fully saturated rings. The maximum Gasteiger partial charge on any atom is 0.321 e. The summed E-state index contributed by atoms with van der Waals surface area (Å²) in [6.07, 6.45) is 0. The molecule has 150 valence electrons. The lowest BCUT2D eigenvalue weighted by molar-refractivity contribution is 0.220. The molecule has 6 heteroatoms. The van der Waals surface area contributed by atoms with Crippen molar-refractivity contribution in [2.24, 2.45) is 0 Å². The lowest BCUT2D eigenvalue weighted by Gasteiger charge is -2.29. The lowest BCUT2D eigenvalue weighted by Crippen LogP contribution is -2.32. The van der Waals surface area contributed by atoms with E-state index in [1.54, 1.807) is 11.9 Å². The summed E-state index contributed by atoms with van der Waals surface area (Å²) in [4.78, 5) is 16.7. The van der Waals surface area contributed by atoms with Crippen LogP contribution in [0.25, 0.3) is 0 Å². The minimum atomic E-state index is -0.112. The second-order valence-electron chi connectivity index (χ2n) is 6.96. The Morgan fingerprint density at radius 3 is 2.54 bits per heavy atom. The number of thioether (sulfide) groups is 1. The maximum atomic E-state index is 12.6. The van der Waals surface area contributed by atoms with Crippen molar-refractivity contribution in [3.63, 3.8) is 0 Å². The van der Waals surface area contributed by atoms with E-state index in [2.05, 4.69) is 22.3 Å². The molecule has 2 amide bonds. The van der Waals surface area contributed by atoms with Gasteiger partial charge in [-0.05, 0) is 55.3 Å². The molecule has 1 aliphatic rings. The number of aryl methyl sites for hydroxylation is 1. The van der Waals surface area contributed by atoms with Crippen LogP contribution in [0.1, 0.15) is 18.1 Å². The molecule has 1 N–H and O–H groups in total. The van der Waals surface area contributed by atoms with Crippen LogP contribution >= 0.6 is 11.8 Å². The number of ether oxygens (including phenoxy) is 1. The fraction of sp³-hybridized carbons (Fsp3) is 0.409. The number of hydrogen-bond donors (Lipinski definition) is 1. The Hall–Kier alpha value is -2.34. The summed E-state index contributed by atoms with van der Waals surface area (Å²) in [5.74, 6) is 3.20. The van der Waals surface area contributed by atoms with Crippen LogP contribution in [0.15, 0.2) is 42.5 Å². The summed E-state index contributed by atoms with van der Waals surface area (Å²) >= 11 is 2.00. The topological polar surface area (TPSA) is 44.8 Å². The molecule has 0 saturated carbocycles. The molecule has 0 radical (unpaired) electrons. The molecule has 3 rings (SSSR count). The van der Waals surface area contributed by atoms with Gasteiger partial charge in [-0.15, -0.1) is 0 Å². The van der Waals surface area contributed by atoms with Crippen LogP contribution in [0.5, 0.6) is 5.75 Å². The van der Waals surface area contributed by atoms with Crippen LogP contribution in [0.4, 0.5) is 16.2 Å². The molecule has 0 unspecified atom stereocenters. The Morgan fingerprint density at radius 2 is 1.89 bits per heavy atom. The number of amides is 2. The number of hydrogen-bond acceptors (Lipinski definition) is 4. The Labute approximate surface area is 172 Å². The van der Waals surface area contributed by atoms with Gasteiger partial charge >= 0.3 is 6.03 Å². The van der Waals surface area contributed by atoms with E-state index >= 15 is 0 Å². The fourth-order valence-corrected chi connectivity index (χ4v) is 4.12. The van der Waals surface area contributed by atoms with Crippen molar-refractivity contribution in [2.45, 2.75) is 20.4 Å². The second kappa shape index (κ2) is 9.73. The molecule has 1 saturated heterocycles. The molecule has 0 atom stereocenters. The largest absolute Gasteiger partial charge is 0.494 e. The first kappa shape index (κ1) is 20.4. The van der Waals surface area contributed by atoms with E-state index in [0.29, 0.717) is 13.2 Å². The van der Waals surface area contributed by atoms with E-state index in [0.717, 1.165) is 35.7 Å². The summed E-state index contributed by atoms with van der Waals surface area (Å²) < 4.78 is 5.46. The van der Waals surface area contributed by atoms with Gasteiger partial charge in [-0.1, -0.05) is 12.1 Å². The summed E-state index contributed by atoms with van der Waals surface area (Å²) in [7, 11) is 1.81. The lowest BCUT2D eigenvalue weighted by atomic mass is 10.1. The van der Waals surface area contributed by atoms with Crippen molar-refractivity contribution >= 4 is 29.2 Å². The zero-order valence-corrected chi connectivity index (χ0v) is 17.7. The number of nitrogens with one attached hydrogen (secondary N) is 1. The zero-order valence-electron chi connectivity index (χ0n) is 16.9. The highest BCUT2D eigenvalue weighted by molar-refractivity contribution is 7.99. The first-order chi connectivity index (χ1) is 13.6. The summed E-state index contributed by atoms with van der Waals surface area (Å²) in [5, 5.41) is 3.03. The third kappa shape index (κ3) is 5.35. The van der Waals surface area contributed by atoms with Crippen LogP contribution in [-0.4, -0.2) is 49.2 Å². The number of rotatable bonds is 6. The highest BCUT2D eigenvalue weighted by atomic mass is 32.2. The first-order valence-electron chi connectivity index (χ1n) is 9.74. The highest BCUT2D eigenvalue weighted by Gasteiger charge is 2.14. The number of anilines is 2. The molecular formula is C22H29N3O2S. The van der Waals surface area contributed by atoms with Gasteiger partial charge in [-0.25, -0.2) is 4.79 Å². The third-order valence-corrected chi connectivity index (χ3v) is 5.77.